The molecule has 0 aliphatic heterocycles. The fourth-order valence-electron chi connectivity index (χ4n) is 1.81. The van der Waals surface area contributed by atoms with Gasteiger partial charge in [-0.2, -0.15) is 0 Å². The zero-order valence-electron chi connectivity index (χ0n) is 11.0. The maximum atomic E-state index is 13.8. The van der Waals surface area contributed by atoms with Crippen molar-refractivity contribution in [1.29, 1.82) is 0 Å². The molecule has 1 aromatic carbocycles. The Labute approximate surface area is 114 Å². The molecule has 0 fully saturated rings. The summed E-state index contributed by atoms with van der Waals surface area (Å²) in [4.78, 5) is 22.7. The van der Waals surface area contributed by atoms with Crippen LogP contribution in [-0.2, 0) is 7.05 Å². The molecule has 1 heterocycles. The first kappa shape index (κ1) is 13.8. The number of halogens is 1. The molecule has 2 N–H and O–H groups in total. The highest BCUT2D eigenvalue weighted by atomic mass is 19.1. The number of nitrogens with zero attached hydrogens (tertiary/aromatic N) is 1. The number of hydrogen-bond donors (Lipinski definition) is 2. The first-order chi connectivity index (χ1) is 9.40. The van der Waals surface area contributed by atoms with Gasteiger partial charge in [-0.3, -0.25) is 9.36 Å². The van der Waals surface area contributed by atoms with Crippen molar-refractivity contribution in [1.82, 2.24) is 4.57 Å². The monoisotopic (exact) mass is 276 g/mol. The molecule has 5 nitrogen and oxygen atoms in total. The molecule has 0 unspecified atom stereocenters. The van der Waals surface area contributed by atoms with Crippen molar-refractivity contribution in [3.63, 3.8) is 0 Å². The maximum absolute atomic E-state index is 13.8. The van der Waals surface area contributed by atoms with Gasteiger partial charge in [0.05, 0.1) is 5.69 Å². The van der Waals surface area contributed by atoms with Crippen LogP contribution in [0.15, 0.2) is 35.1 Å². The highest BCUT2D eigenvalue weighted by Crippen LogP contribution is 2.22. The lowest BCUT2D eigenvalue weighted by Gasteiger charge is -2.14. The lowest BCUT2D eigenvalue weighted by atomic mass is 10.2. The van der Waals surface area contributed by atoms with Gasteiger partial charge in [-0.25, -0.2) is 9.18 Å². The van der Waals surface area contributed by atoms with Crippen LogP contribution in [0.25, 0.3) is 0 Å². The summed E-state index contributed by atoms with van der Waals surface area (Å²) in [6.07, 6.45) is 0. The van der Waals surface area contributed by atoms with Gasteiger partial charge in [-0.05, 0) is 30.7 Å². The van der Waals surface area contributed by atoms with Gasteiger partial charge in [0.25, 0.3) is 5.56 Å². The number of nitrogens with one attached hydrogen (secondary N) is 1. The lowest BCUT2D eigenvalue weighted by Crippen LogP contribution is -2.21. The fraction of sp³-hybridized carbons (Fsp3) is 0.143. The Kier molecular flexibility index (Phi) is 3.56. The van der Waals surface area contributed by atoms with Crippen molar-refractivity contribution in [3.8, 4) is 0 Å². The minimum absolute atomic E-state index is 0.0350. The average Bonchev–Trinajstić information content (AvgIpc) is 2.37. The highest BCUT2D eigenvalue weighted by Gasteiger charge is 2.15. The SMILES string of the molecule is Cc1ccc(Nc2c(C(=O)O)ccc(=O)n2C)c(F)c1. The molecule has 2 rings (SSSR count). The number of aryl methyl sites for hydroxylation is 1. The Hall–Kier alpha value is -2.63. The van der Waals surface area contributed by atoms with E-state index in [1.54, 1.807) is 13.0 Å². The molecule has 0 saturated heterocycles. The van der Waals surface area contributed by atoms with Gasteiger partial charge in [0, 0.05) is 13.1 Å². The van der Waals surface area contributed by atoms with Crippen molar-refractivity contribution < 1.29 is 14.3 Å². The van der Waals surface area contributed by atoms with E-state index in [9.17, 15) is 14.0 Å². The third-order valence-electron chi connectivity index (χ3n) is 2.92. The molecule has 0 aliphatic carbocycles. The molecule has 104 valence electrons. The molecular weight excluding hydrogens is 263 g/mol. The van der Waals surface area contributed by atoms with E-state index in [1.807, 2.05) is 0 Å². The number of carboxylic acid groups (broad SMARTS) is 1. The summed E-state index contributed by atoms with van der Waals surface area (Å²) in [6.45, 7) is 1.74. The van der Waals surface area contributed by atoms with Gasteiger partial charge in [-0.1, -0.05) is 6.07 Å². The average molecular weight is 276 g/mol. The molecule has 0 bridgehead atoms. The van der Waals surface area contributed by atoms with Crippen molar-refractivity contribution >= 4 is 17.5 Å². The van der Waals surface area contributed by atoms with E-state index in [4.69, 9.17) is 5.11 Å². The van der Waals surface area contributed by atoms with Crippen LogP contribution in [0.4, 0.5) is 15.9 Å². The van der Waals surface area contributed by atoms with Crippen LogP contribution in [0.3, 0.4) is 0 Å². The normalized spacial score (nSPS) is 10.3. The van der Waals surface area contributed by atoms with Crippen molar-refractivity contribution in [3.05, 3.63) is 57.6 Å². The van der Waals surface area contributed by atoms with Crippen LogP contribution in [-0.4, -0.2) is 15.6 Å². The molecule has 20 heavy (non-hydrogen) atoms. The number of aromatic nitrogens is 1. The summed E-state index contributed by atoms with van der Waals surface area (Å²) in [6, 6.07) is 6.85. The number of benzene rings is 1. The number of carboxylic acids is 1. The molecule has 0 spiro atoms. The Bertz CT molecular complexity index is 738. The summed E-state index contributed by atoms with van der Waals surface area (Å²) in [7, 11) is 1.42. The zero-order chi connectivity index (χ0) is 14.9. The Balaban J connectivity index is 2.55. The topological polar surface area (TPSA) is 71.3 Å². The van der Waals surface area contributed by atoms with Gasteiger partial charge < -0.3 is 10.4 Å². The van der Waals surface area contributed by atoms with Crippen LogP contribution in [0, 0.1) is 12.7 Å². The number of carbonyl (C=O) groups is 1. The van der Waals surface area contributed by atoms with Crippen molar-refractivity contribution in [2.45, 2.75) is 6.92 Å². The Morgan fingerprint density at radius 1 is 1.30 bits per heavy atom. The largest absolute Gasteiger partial charge is 0.478 e. The standard InChI is InChI=1S/C14H13FN2O3/c1-8-3-5-11(10(15)7-8)16-13-9(14(19)20)4-6-12(18)17(13)2/h3-7,16H,1-2H3,(H,19,20). The number of hydrogen-bond acceptors (Lipinski definition) is 3. The van der Waals surface area contributed by atoms with Gasteiger partial charge in [0.15, 0.2) is 0 Å². The smallest absolute Gasteiger partial charge is 0.339 e. The molecule has 0 amide bonds. The van der Waals surface area contributed by atoms with Crippen LogP contribution < -0.4 is 10.9 Å². The molecule has 2 aromatic rings. The van der Waals surface area contributed by atoms with Crippen molar-refractivity contribution in [2.75, 3.05) is 5.32 Å². The van der Waals surface area contributed by atoms with E-state index in [-0.39, 0.29) is 22.6 Å². The predicted octanol–water partition coefficient (Wildman–Crippen LogP) is 2.27. The van der Waals surface area contributed by atoms with E-state index in [1.165, 1.54) is 25.2 Å². The van der Waals surface area contributed by atoms with Gasteiger partial charge in [-0.15, -0.1) is 0 Å². The zero-order valence-corrected chi connectivity index (χ0v) is 11.0. The first-order valence-electron chi connectivity index (χ1n) is 5.86. The third kappa shape index (κ3) is 2.54. The van der Waals surface area contributed by atoms with E-state index < -0.39 is 11.8 Å². The summed E-state index contributed by atoms with van der Waals surface area (Å²) in [5, 5.41) is 11.8. The number of rotatable bonds is 3. The predicted molar refractivity (Wildman–Crippen MR) is 73.1 cm³/mol. The van der Waals surface area contributed by atoms with E-state index >= 15 is 0 Å². The molecule has 0 radical (unpaired) electrons. The maximum Gasteiger partial charge on any atom is 0.339 e. The van der Waals surface area contributed by atoms with Gasteiger partial charge in [0.1, 0.15) is 17.2 Å². The number of pyridine rings is 1. The van der Waals surface area contributed by atoms with Gasteiger partial charge >= 0.3 is 5.97 Å². The minimum atomic E-state index is -1.20. The summed E-state index contributed by atoms with van der Waals surface area (Å²) >= 11 is 0. The first-order valence-corrected chi connectivity index (χ1v) is 5.86. The second-order valence-corrected chi connectivity index (χ2v) is 4.41. The Morgan fingerprint density at radius 3 is 2.60 bits per heavy atom. The molecule has 0 aliphatic rings. The molecular formula is C14H13FN2O3. The Morgan fingerprint density at radius 2 is 2.00 bits per heavy atom. The van der Waals surface area contributed by atoms with Crippen molar-refractivity contribution in [2.24, 2.45) is 7.05 Å². The van der Waals surface area contributed by atoms with Crippen LogP contribution >= 0.6 is 0 Å². The molecule has 0 saturated carbocycles. The second-order valence-electron chi connectivity index (χ2n) is 4.41. The summed E-state index contributed by atoms with van der Waals surface area (Å²) in [5.41, 5.74) is 0.366. The lowest BCUT2D eigenvalue weighted by molar-refractivity contribution is 0.0697. The van der Waals surface area contributed by atoms with Gasteiger partial charge in [0.2, 0.25) is 0 Å². The molecule has 0 atom stereocenters. The second kappa shape index (κ2) is 5.16. The summed E-state index contributed by atoms with van der Waals surface area (Å²) < 4.78 is 14.9. The fourth-order valence-corrected chi connectivity index (χ4v) is 1.81. The number of aromatic carboxylic acids is 1. The van der Waals surface area contributed by atoms with E-state index in [0.717, 1.165) is 16.2 Å². The molecule has 1 aromatic heterocycles. The van der Waals surface area contributed by atoms with Crippen LogP contribution in [0.5, 0.6) is 0 Å². The number of anilines is 2. The van der Waals surface area contributed by atoms with Crippen LogP contribution in [0.1, 0.15) is 15.9 Å². The van der Waals surface area contributed by atoms with E-state index in [0.29, 0.717) is 0 Å². The minimum Gasteiger partial charge on any atom is -0.478 e. The third-order valence-corrected chi connectivity index (χ3v) is 2.92. The summed E-state index contributed by atoms with van der Waals surface area (Å²) in [5.74, 6) is -1.68. The molecule has 6 heteroatoms. The quantitative estimate of drug-likeness (QED) is 0.902. The van der Waals surface area contributed by atoms with E-state index in [2.05, 4.69) is 5.32 Å². The highest BCUT2D eigenvalue weighted by molar-refractivity contribution is 5.94. The van der Waals surface area contributed by atoms with Crippen LogP contribution in [0.2, 0.25) is 0 Å².